The van der Waals surface area contributed by atoms with Crippen molar-refractivity contribution in [2.75, 3.05) is 0 Å². The number of cyclic esters (lactones) is 2. The normalized spacial score (nSPS) is 34.0. The molecule has 0 aromatic heterocycles. The summed E-state index contributed by atoms with van der Waals surface area (Å²) in [6.07, 6.45) is 6.60. The quantitative estimate of drug-likeness (QED) is 0.278. The zero-order valence-electron chi connectivity index (χ0n) is 23.0. The molecule has 3 fully saturated rings. The van der Waals surface area contributed by atoms with Gasteiger partial charge in [0.15, 0.2) is 0 Å². The zero-order chi connectivity index (χ0) is 25.6. The highest BCUT2D eigenvalue weighted by Crippen LogP contribution is 2.63. The first kappa shape index (κ1) is 27.2. The van der Waals surface area contributed by atoms with Crippen molar-refractivity contribution >= 4 is 17.9 Å². The van der Waals surface area contributed by atoms with Crippen molar-refractivity contribution in [3.05, 3.63) is 0 Å². The van der Waals surface area contributed by atoms with Gasteiger partial charge in [-0.3, -0.25) is 14.4 Å². The van der Waals surface area contributed by atoms with Crippen LogP contribution in [0.2, 0.25) is 0 Å². The van der Waals surface area contributed by atoms with Crippen LogP contribution >= 0.6 is 0 Å². The number of carbonyl (C=O) groups is 3. The van der Waals surface area contributed by atoms with Crippen molar-refractivity contribution < 1.29 is 23.9 Å². The van der Waals surface area contributed by atoms with Crippen LogP contribution in [-0.2, 0) is 23.9 Å². The molecule has 3 aliphatic rings. The van der Waals surface area contributed by atoms with Gasteiger partial charge >= 0.3 is 17.9 Å². The molecule has 2 bridgehead atoms. The van der Waals surface area contributed by atoms with E-state index in [0.29, 0.717) is 18.3 Å². The van der Waals surface area contributed by atoms with Gasteiger partial charge in [-0.2, -0.15) is 0 Å². The third kappa shape index (κ3) is 5.23. The monoisotopic (exact) mass is 476 g/mol. The highest BCUT2D eigenvalue weighted by atomic mass is 16.6. The Labute approximate surface area is 207 Å². The Morgan fingerprint density at radius 3 is 2.06 bits per heavy atom. The zero-order valence-corrected chi connectivity index (χ0v) is 23.0. The van der Waals surface area contributed by atoms with Gasteiger partial charge in [0.2, 0.25) is 0 Å². The van der Waals surface area contributed by atoms with Crippen LogP contribution in [0, 0.1) is 52.3 Å². The van der Waals surface area contributed by atoms with Crippen molar-refractivity contribution in [3.63, 3.8) is 0 Å². The van der Waals surface area contributed by atoms with Crippen molar-refractivity contribution in [1.29, 1.82) is 0 Å². The van der Waals surface area contributed by atoms with Crippen molar-refractivity contribution in [2.45, 2.75) is 113 Å². The second kappa shape index (κ2) is 9.58. The summed E-state index contributed by atoms with van der Waals surface area (Å²) in [6.45, 7) is 19.0. The minimum atomic E-state index is -0.508. The van der Waals surface area contributed by atoms with Crippen molar-refractivity contribution in [3.8, 4) is 0 Å². The van der Waals surface area contributed by atoms with Crippen LogP contribution in [0.25, 0.3) is 0 Å². The highest BCUT2D eigenvalue weighted by molar-refractivity contribution is 5.96. The Kier molecular flexibility index (Phi) is 7.66. The molecule has 0 amide bonds. The summed E-state index contributed by atoms with van der Waals surface area (Å²) in [5.41, 5.74) is -0.676. The predicted molar refractivity (Wildman–Crippen MR) is 133 cm³/mol. The van der Waals surface area contributed by atoms with Gasteiger partial charge in [0.1, 0.15) is 5.60 Å². The first-order valence-electron chi connectivity index (χ1n) is 13.6. The lowest BCUT2D eigenvalue weighted by molar-refractivity contribution is -0.164. The summed E-state index contributed by atoms with van der Waals surface area (Å²) in [4.78, 5) is 39.0. The van der Waals surface area contributed by atoms with E-state index >= 15 is 0 Å². The standard InChI is InChI=1S/C29H48O5/c1-10-12-28(6,7)22-17-14-18(20(15-17)25(31)34-27(3,4)5)19(22)16-21-23(26(32)33-24(21)30)29(8,9)13-11-2/h17-23H,10-16H2,1-9H3. The third-order valence-electron chi connectivity index (χ3n) is 9.10. The summed E-state index contributed by atoms with van der Waals surface area (Å²) in [5, 5.41) is 0. The molecule has 1 saturated heterocycles. The lowest BCUT2D eigenvalue weighted by Gasteiger charge is -2.45. The molecule has 0 spiro atoms. The Balaban J connectivity index is 1.93. The maximum atomic E-state index is 13.2. The number of rotatable bonds is 9. The maximum absolute atomic E-state index is 13.2. The van der Waals surface area contributed by atoms with Crippen LogP contribution < -0.4 is 0 Å². The molecule has 0 aromatic carbocycles. The molecule has 194 valence electrons. The fraction of sp³-hybridized carbons (Fsp3) is 0.897. The SMILES string of the molecule is CCCC(C)(C)C1C(=O)OC(=O)C1CC1C2CC(CC2C(=O)OC(C)(C)C)C1C(C)(C)CCC. The van der Waals surface area contributed by atoms with E-state index in [-0.39, 0.29) is 46.5 Å². The van der Waals surface area contributed by atoms with E-state index in [0.717, 1.165) is 38.5 Å². The lowest BCUT2D eigenvalue weighted by Crippen LogP contribution is -2.43. The Bertz CT molecular complexity index is 789. The molecule has 7 atom stereocenters. The Morgan fingerprint density at radius 1 is 0.912 bits per heavy atom. The number of hydrogen-bond acceptors (Lipinski definition) is 5. The molecule has 34 heavy (non-hydrogen) atoms. The second-order valence-corrected chi connectivity index (χ2v) is 13.8. The molecule has 0 N–H and O–H groups in total. The third-order valence-corrected chi connectivity index (χ3v) is 9.10. The molecule has 7 unspecified atom stereocenters. The molecular formula is C29H48O5. The number of carbonyl (C=O) groups excluding carboxylic acids is 3. The van der Waals surface area contributed by atoms with E-state index in [1.165, 1.54) is 0 Å². The average molecular weight is 477 g/mol. The van der Waals surface area contributed by atoms with Gasteiger partial charge in [-0.15, -0.1) is 0 Å². The summed E-state index contributed by atoms with van der Waals surface area (Å²) in [7, 11) is 0. The Hall–Kier alpha value is -1.39. The van der Waals surface area contributed by atoms with E-state index in [1.807, 2.05) is 20.8 Å². The van der Waals surface area contributed by atoms with E-state index in [4.69, 9.17) is 9.47 Å². The molecule has 1 aliphatic heterocycles. The lowest BCUT2D eigenvalue weighted by atomic mass is 9.58. The summed E-state index contributed by atoms with van der Waals surface area (Å²) in [6, 6.07) is 0. The number of ether oxygens (including phenoxy) is 2. The molecule has 3 rings (SSSR count). The minimum absolute atomic E-state index is 0.0929. The van der Waals surface area contributed by atoms with Crippen LogP contribution in [-0.4, -0.2) is 23.5 Å². The Morgan fingerprint density at radius 2 is 1.50 bits per heavy atom. The van der Waals surface area contributed by atoms with Crippen LogP contribution in [0.4, 0.5) is 0 Å². The van der Waals surface area contributed by atoms with Gasteiger partial charge in [-0.1, -0.05) is 54.4 Å². The van der Waals surface area contributed by atoms with Crippen LogP contribution in [0.3, 0.4) is 0 Å². The largest absolute Gasteiger partial charge is 0.460 e. The molecule has 5 nitrogen and oxygen atoms in total. The molecule has 1 heterocycles. The predicted octanol–water partition coefficient (Wildman–Crippen LogP) is 6.58. The molecule has 0 aromatic rings. The van der Waals surface area contributed by atoms with Gasteiger partial charge < -0.3 is 9.47 Å². The minimum Gasteiger partial charge on any atom is -0.460 e. The first-order valence-corrected chi connectivity index (χ1v) is 13.6. The van der Waals surface area contributed by atoms with Gasteiger partial charge in [-0.25, -0.2) is 0 Å². The highest BCUT2D eigenvalue weighted by Gasteiger charge is 2.61. The smallest absolute Gasteiger partial charge is 0.318 e. The van der Waals surface area contributed by atoms with Gasteiger partial charge in [-0.05, 0) is 87.4 Å². The van der Waals surface area contributed by atoms with Crippen LogP contribution in [0.5, 0.6) is 0 Å². The molecule has 0 radical (unpaired) electrons. The van der Waals surface area contributed by atoms with Crippen molar-refractivity contribution in [1.82, 2.24) is 0 Å². The average Bonchev–Trinajstić information content (AvgIpc) is 3.32. The van der Waals surface area contributed by atoms with Crippen LogP contribution in [0.1, 0.15) is 107 Å². The van der Waals surface area contributed by atoms with E-state index < -0.39 is 17.4 Å². The summed E-state index contributed by atoms with van der Waals surface area (Å²) in [5.74, 6) is -0.415. The number of fused-ring (bicyclic) bond motifs is 2. The van der Waals surface area contributed by atoms with E-state index in [1.54, 1.807) is 0 Å². The maximum Gasteiger partial charge on any atom is 0.318 e. The number of hydrogen-bond donors (Lipinski definition) is 0. The fourth-order valence-corrected chi connectivity index (χ4v) is 8.22. The molecular weight excluding hydrogens is 428 g/mol. The fourth-order valence-electron chi connectivity index (χ4n) is 8.22. The van der Waals surface area contributed by atoms with E-state index in [2.05, 4.69) is 41.5 Å². The second-order valence-electron chi connectivity index (χ2n) is 13.8. The molecule has 5 heteroatoms. The first-order chi connectivity index (χ1) is 15.6. The molecule has 2 saturated carbocycles. The number of esters is 3. The summed E-state index contributed by atoms with van der Waals surface area (Å²) >= 11 is 0. The van der Waals surface area contributed by atoms with Gasteiger partial charge in [0.05, 0.1) is 17.8 Å². The summed E-state index contributed by atoms with van der Waals surface area (Å²) < 4.78 is 11.1. The van der Waals surface area contributed by atoms with Crippen molar-refractivity contribution in [2.24, 2.45) is 52.3 Å². The molecule has 2 aliphatic carbocycles. The van der Waals surface area contributed by atoms with Gasteiger partial charge in [0, 0.05) is 0 Å². The topological polar surface area (TPSA) is 69.7 Å². The van der Waals surface area contributed by atoms with Gasteiger partial charge in [0.25, 0.3) is 0 Å². The van der Waals surface area contributed by atoms with Crippen LogP contribution in [0.15, 0.2) is 0 Å². The van der Waals surface area contributed by atoms with E-state index in [9.17, 15) is 14.4 Å².